The van der Waals surface area contributed by atoms with Gasteiger partial charge in [-0.25, -0.2) is 4.39 Å². The van der Waals surface area contributed by atoms with Crippen molar-refractivity contribution >= 4 is 21.9 Å². The van der Waals surface area contributed by atoms with E-state index in [1.807, 2.05) is 0 Å². The molecular formula is C15H13FN4O3S2. The monoisotopic (exact) mass is 380 g/mol. The van der Waals surface area contributed by atoms with Crippen LogP contribution in [0.3, 0.4) is 0 Å². The van der Waals surface area contributed by atoms with E-state index in [0.29, 0.717) is 10.8 Å². The van der Waals surface area contributed by atoms with E-state index < -0.39 is 15.9 Å². The molecule has 7 nitrogen and oxygen atoms in total. The van der Waals surface area contributed by atoms with E-state index in [2.05, 4.69) is 15.5 Å². The molecule has 0 aliphatic carbocycles. The van der Waals surface area contributed by atoms with E-state index in [1.54, 1.807) is 42.5 Å². The van der Waals surface area contributed by atoms with Crippen LogP contribution >= 0.6 is 11.8 Å². The number of aromatic nitrogens is 4. The minimum absolute atomic E-state index is 0.185. The maximum Gasteiger partial charge on any atom is 0.310 e. The molecule has 0 atom stereocenters. The first-order chi connectivity index (χ1) is 12.0. The van der Waals surface area contributed by atoms with Crippen LogP contribution in [0, 0.1) is 5.82 Å². The number of para-hydroxylation sites is 1. The molecule has 3 aromatic rings. The van der Waals surface area contributed by atoms with Crippen LogP contribution < -0.4 is 4.18 Å². The van der Waals surface area contributed by atoms with Crippen molar-refractivity contribution in [3.05, 3.63) is 60.4 Å². The lowest BCUT2D eigenvalue weighted by atomic mass is 10.3. The Labute approximate surface area is 147 Å². The van der Waals surface area contributed by atoms with Gasteiger partial charge in [0, 0.05) is 5.75 Å². The molecule has 1 aromatic heterocycles. The maximum atomic E-state index is 13.3. The Bertz CT molecular complexity index is 948. The Hall–Kier alpha value is -2.46. The van der Waals surface area contributed by atoms with Crippen molar-refractivity contribution in [2.45, 2.75) is 5.16 Å². The van der Waals surface area contributed by atoms with Gasteiger partial charge in [-0.15, -0.1) is 5.10 Å². The Morgan fingerprint density at radius 1 is 1.12 bits per heavy atom. The molecular weight excluding hydrogens is 367 g/mol. The lowest BCUT2D eigenvalue weighted by molar-refractivity contribution is 0.488. The van der Waals surface area contributed by atoms with Gasteiger partial charge in [-0.05, 0) is 40.8 Å². The summed E-state index contributed by atoms with van der Waals surface area (Å²) in [5.74, 6) is -0.187. The number of rotatable bonds is 7. The number of benzene rings is 2. The average molecular weight is 380 g/mol. The number of hydrogen-bond donors (Lipinski definition) is 0. The van der Waals surface area contributed by atoms with E-state index >= 15 is 0 Å². The van der Waals surface area contributed by atoms with Crippen molar-refractivity contribution in [1.29, 1.82) is 0 Å². The largest absolute Gasteiger partial charge is 0.382 e. The van der Waals surface area contributed by atoms with E-state index in [1.165, 1.54) is 16.8 Å². The highest BCUT2D eigenvalue weighted by Crippen LogP contribution is 2.20. The first-order valence-corrected chi connectivity index (χ1v) is 9.74. The lowest BCUT2D eigenvalue weighted by Gasteiger charge is -2.07. The molecule has 0 radical (unpaired) electrons. The quantitative estimate of drug-likeness (QED) is 0.459. The SMILES string of the molecule is O=S(=O)(CCSc1nnnn1-c1cccc(F)c1)Oc1ccccc1. The number of nitrogens with zero attached hydrogens (tertiary/aromatic N) is 4. The second kappa shape index (κ2) is 7.62. The van der Waals surface area contributed by atoms with Gasteiger partial charge in [0.2, 0.25) is 5.16 Å². The molecule has 130 valence electrons. The van der Waals surface area contributed by atoms with E-state index in [-0.39, 0.29) is 17.3 Å². The first-order valence-electron chi connectivity index (χ1n) is 7.18. The van der Waals surface area contributed by atoms with Crippen LogP contribution in [0.2, 0.25) is 0 Å². The van der Waals surface area contributed by atoms with Gasteiger partial charge in [-0.2, -0.15) is 13.1 Å². The molecule has 0 spiro atoms. The van der Waals surface area contributed by atoms with Crippen LogP contribution in [0.1, 0.15) is 0 Å². The molecule has 25 heavy (non-hydrogen) atoms. The van der Waals surface area contributed by atoms with Crippen molar-refractivity contribution in [3.8, 4) is 11.4 Å². The van der Waals surface area contributed by atoms with E-state index in [0.717, 1.165) is 11.8 Å². The predicted molar refractivity (Wildman–Crippen MR) is 90.7 cm³/mol. The first kappa shape index (κ1) is 17.4. The van der Waals surface area contributed by atoms with Crippen LogP contribution in [0.4, 0.5) is 4.39 Å². The van der Waals surface area contributed by atoms with Gasteiger partial charge >= 0.3 is 10.1 Å². The van der Waals surface area contributed by atoms with Crippen molar-refractivity contribution in [2.75, 3.05) is 11.5 Å². The molecule has 0 amide bonds. The number of thioether (sulfide) groups is 1. The highest BCUT2D eigenvalue weighted by molar-refractivity contribution is 8.00. The summed E-state index contributed by atoms with van der Waals surface area (Å²) in [6.45, 7) is 0. The highest BCUT2D eigenvalue weighted by Gasteiger charge is 2.15. The third-order valence-electron chi connectivity index (χ3n) is 3.02. The fourth-order valence-electron chi connectivity index (χ4n) is 1.94. The fraction of sp³-hybridized carbons (Fsp3) is 0.133. The standard InChI is InChI=1S/C15H13FN4O3S2/c16-12-5-4-6-13(11-12)20-15(17-18-19-20)24-9-10-25(21,22)23-14-7-2-1-3-8-14/h1-8,11H,9-10H2. The van der Waals surface area contributed by atoms with Crippen molar-refractivity contribution in [3.63, 3.8) is 0 Å². The van der Waals surface area contributed by atoms with E-state index in [4.69, 9.17) is 4.18 Å². The zero-order chi connectivity index (χ0) is 17.7. The Morgan fingerprint density at radius 2 is 1.92 bits per heavy atom. The molecule has 1 heterocycles. The second-order valence-electron chi connectivity index (χ2n) is 4.86. The summed E-state index contributed by atoms with van der Waals surface area (Å²) in [7, 11) is -3.73. The molecule has 0 saturated carbocycles. The minimum atomic E-state index is -3.73. The summed E-state index contributed by atoms with van der Waals surface area (Å²) in [4.78, 5) is 0. The smallest absolute Gasteiger partial charge is 0.310 e. The number of hydrogen-bond acceptors (Lipinski definition) is 7. The fourth-order valence-corrected chi connectivity index (χ4v) is 4.12. The van der Waals surface area contributed by atoms with Gasteiger partial charge in [-0.1, -0.05) is 36.0 Å². The van der Waals surface area contributed by atoms with E-state index in [9.17, 15) is 12.8 Å². The zero-order valence-corrected chi connectivity index (χ0v) is 14.5. The molecule has 2 aromatic carbocycles. The molecule has 0 fully saturated rings. The van der Waals surface area contributed by atoms with Crippen LogP contribution in [0.15, 0.2) is 59.8 Å². The summed E-state index contributed by atoms with van der Waals surface area (Å²) >= 11 is 1.14. The summed E-state index contributed by atoms with van der Waals surface area (Å²) < 4.78 is 43.6. The Balaban J connectivity index is 1.62. The third kappa shape index (κ3) is 4.77. The molecule has 0 unspecified atom stereocenters. The lowest BCUT2D eigenvalue weighted by Crippen LogP contribution is -2.15. The van der Waals surface area contributed by atoms with Crippen molar-refractivity contribution < 1.29 is 17.0 Å². The third-order valence-corrected chi connectivity index (χ3v) is 5.35. The topological polar surface area (TPSA) is 87.0 Å². The van der Waals surface area contributed by atoms with Crippen LogP contribution in [0.5, 0.6) is 5.75 Å². The summed E-state index contributed by atoms with van der Waals surface area (Å²) in [6.07, 6.45) is 0. The van der Waals surface area contributed by atoms with Gasteiger partial charge in [0.05, 0.1) is 11.4 Å². The van der Waals surface area contributed by atoms with Gasteiger partial charge in [0.15, 0.2) is 0 Å². The predicted octanol–water partition coefficient (Wildman–Crippen LogP) is 2.30. The van der Waals surface area contributed by atoms with Gasteiger partial charge in [0.1, 0.15) is 11.6 Å². The number of halogens is 1. The van der Waals surface area contributed by atoms with Crippen LogP contribution in [-0.2, 0) is 10.1 Å². The number of tetrazole rings is 1. The Morgan fingerprint density at radius 3 is 2.68 bits per heavy atom. The van der Waals surface area contributed by atoms with Crippen LogP contribution in [0.25, 0.3) is 5.69 Å². The molecule has 0 aliphatic rings. The summed E-state index contributed by atoms with van der Waals surface area (Å²) in [6, 6.07) is 14.1. The van der Waals surface area contributed by atoms with Crippen molar-refractivity contribution in [2.24, 2.45) is 0 Å². The molecule has 0 saturated heterocycles. The van der Waals surface area contributed by atoms with Gasteiger partial charge < -0.3 is 4.18 Å². The average Bonchev–Trinajstić information content (AvgIpc) is 3.03. The van der Waals surface area contributed by atoms with Crippen molar-refractivity contribution in [1.82, 2.24) is 20.2 Å². The Kier molecular flexibility index (Phi) is 5.29. The molecule has 0 N–H and O–H groups in total. The zero-order valence-electron chi connectivity index (χ0n) is 12.8. The van der Waals surface area contributed by atoms with Crippen LogP contribution in [-0.4, -0.2) is 40.1 Å². The molecule has 10 heteroatoms. The minimum Gasteiger partial charge on any atom is -0.382 e. The normalized spacial score (nSPS) is 11.4. The summed E-state index contributed by atoms with van der Waals surface area (Å²) in [5, 5.41) is 11.5. The molecule has 3 rings (SSSR count). The highest BCUT2D eigenvalue weighted by atomic mass is 32.2. The maximum absolute atomic E-state index is 13.3. The summed E-state index contributed by atoms with van der Waals surface area (Å²) in [5.41, 5.74) is 0.455. The molecule has 0 aliphatic heterocycles. The molecule has 0 bridgehead atoms. The van der Waals surface area contributed by atoms with Gasteiger partial charge in [0.25, 0.3) is 0 Å². The second-order valence-corrected chi connectivity index (χ2v) is 7.61. The van der Waals surface area contributed by atoms with Gasteiger partial charge in [-0.3, -0.25) is 0 Å².